The summed E-state index contributed by atoms with van der Waals surface area (Å²) in [6.07, 6.45) is 5.48. The van der Waals surface area contributed by atoms with Crippen LogP contribution in [0.1, 0.15) is 35.3 Å². The van der Waals surface area contributed by atoms with Crippen LogP contribution >= 0.6 is 0 Å². The van der Waals surface area contributed by atoms with Gasteiger partial charge in [0.15, 0.2) is 5.69 Å². The summed E-state index contributed by atoms with van der Waals surface area (Å²) >= 11 is 0. The van der Waals surface area contributed by atoms with E-state index in [1.54, 1.807) is 10.9 Å². The maximum atomic E-state index is 12.4. The lowest BCUT2D eigenvalue weighted by Crippen LogP contribution is -2.29. The van der Waals surface area contributed by atoms with Crippen LogP contribution in [0.15, 0.2) is 60.8 Å². The molecule has 0 spiro atoms. The Kier molecular flexibility index (Phi) is 5.14. The van der Waals surface area contributed by atoms with Gasteiger partial charge in [0.25, 0.3) is 5.91 Å². The maximum Gasteiger partial charge on any atom is 0.277 e. The lowest BCUT2D eigenvalue weighted by molar-refractivity contribution is 0.102. The highest BCUT2D eigenvalue weighted by Crippen LogP contribution is 2.22. The average Bonchev–Trinajstić information content (AvgIpc) is 3.19. The van der Waals surface area contributed by atoms with Crippen molar-refractivity contribution < 1.29 is 4.79 Å². The van der Waals surface area contributed by atoms with Gasteiger partial charge in [-0.2, -0.15) is 0 Å². The van der Waals surface area contributed by atoms with Crippen LogP contribution in [-0.2, 0) is 6.54 Å². The zero-order valence-corrected chi connectivity index (χ0v) is 15.2. The second-order valence-electron chi connectivity index (χ2n) is 6.84. The molecule has 1 aromatic heterocycles. The van der Waals surface area contributed by atoms with Crippen LogP contribution in [0.2, 0.25) is 0 Å². The number of amides is 1. The average molecular weight is 361 g/mol. The lowest BCUT2D eigenvalue weighted by atomic mass is 10.1. The first kappa shape index (κ1) is 17.3. The van der Waals surface area contributed by atoms with Crippen LogP contribution in [0.25, 0.3) is 0 Å². The predicted octanol–water partition coefficient (Wildman–Crippen LogP) is 3.57. The normalized spacial score (nSPS) is 14.1. The Balaban J connectivity index is 1.37. The number of piperidine rings is 1. The molecule has 1 amide bonds. The van der Waals surface area contributed by atoms with Gasteiger partial charge in [0.1, 0.15) is 0 Å². The number of benzene rings is 2. The zero-order valence-electron chi connectivity index (χ0n) is 15.2. The van der Waals surface area contributed by atoms with Crippen LogP contribution in [0.4, 0.5) is 11.4 Å². The van der Waals surface area contributed by atoms with Crippen molar-refractivity contribution in [2.24, 2.45) is 0 Å². The number of hydrogen-bond donors (Lipinski definition) is 1. The minimum absolute atomic E-state index is 0.250. The molecule has 0 atom stereocenters. The number of aromatic nitrogens is 3. The molecule has 3 aromatic rings. The third-order valence-corrected chi connectivity index (χ3v) is 4.81. The fourth-order valence-corrected chi connectivity index (χ4v) is 3.35. The van der Waals surface area contributed by atoms with Gasteiger partial charge in [-0.3, -0.25) is 4.79 Å². The van der Waals surface area contributed by atoms with Crippen molar-refractivity contribution in [3.8, 4) is 0 Å². The van der Waals surface area contributed by atoms with Crippen LogP contribution in [0.5, 0.6) is 0 Å². The van der Waals surface area contributed by atoms with Gasteiger partial charge < -0.3 is 10.2 Å². The van der Waals surface area contributed by atoms with E-state index in [1.807, 2.05) is 42.5 Å². The molecule has 1 saturated heterocycles. The topological polar surface area (TPSA) is 63.1 Å². The first-order chi connectivity index (χ1) is 13.3. The largest absolute Gasteiger partial charge is 0.372 e. The van der Waals surface area contributed by atoms with Crippen LogP contribution in [0, 0.1) is 0 Å². The predicted molar refractivity (Wildman–Crippen MR) is 106 cm³/mol. The van der Waals surface area contributed by atoms with E-state index in [1.165, 1.54) is 24.9 Å². The van der Waals surface area contributed by atoms with Crippen LogP contribution < -0.4 is 10.2 Å². The molecule has 0 radical (unpaired) electrons. The molecule has 0 unspecified atom stereocenters. The number of carbonyl (C=O) groups is 1. The smallest absolute Gasteiger partial charge is 0.277 e. The molecule has 1 N–H and O–H groups in total. The number of hydrogen-bond acceptors (Lipinski definition) is 4. The number of nitrogens with zero attached hydrogens (tertiary/aromatic N) is 4. The fraction of sp³-hybridized carbons (Fsp3) is 0.286. The second kappa shape index (κ2) is 8.03. The third kappa shape index (κ3) is 4.34. The summed E-state index contributed by atoms with van der Waals surface area (Å²) in [5.41, 5.74) is 3.40. The number of anilines is 2. The van der Waals surface area contributed by atoms with Gasteiger partial charge in [-0.25, -0.2) is 4.68 Å². The van der Waals surface area contributed by atoms with Gasteiger partial charge in [-0.05, 0) is 49.1 Å². The highest BCUT2D eigenvalue weighted by molar-refractivity contribution is 6.02. The Morgan fingerprint density at radius 3 is 2.44 bits per heavy atom. The van der Waals surface area contributed by atoms with Gasteiger partial charge in [0.2, 0.25) is 0 Å². The van der Waals surface area contributed by atoms with Crippen molar-refractivity contribution in [2.75, 3.05) is 23.3 Å². The van der Waals surface area contributed by atoms with Gasteiger partial charge in [-0.1, -0.05) is 35.5 Å². The van der Waals surface area contributed by atoms with Gasteiger partial charge in [-0.15, -0.1) is 5.10 Å². The molecule has 1 aliphatic rings. The first-order valence-electron chi connectivity index (χ1n) is 9.38. The van der Waals surface area contributed by atoms with E-state index >= 15 is 0 Å². The summed E-state index contributed by atoms with van der Waals surface area (Å²) in [6, 6.07) is 18.0. The van der Waals surface area contributed by atoms with E-state index in [2.05, 4.69) is 32.7 Å². The number of rotatable bonds is 5. The standard InChI is InChI=1S/C21H23N5O/c27-21(20-16-26(24-23-20)15-17-7-3-1-4-8-17)22-18-9-11-19(12-10-18)25-13-5-2-6-14-25/h1,3-4,7-12,16H,2,5-6,13-15H2,(H,22,27). The summed E-state index contributed by atoms with van der Waals surface area (Å²) in [6.45, 7) is 2.80. The summed E-state index contributed by atoms with van der Waals surface area (Å²) in [5.74, 6) is -0.250. The molecular weight excluding hydrogens is 338 g/mol. The molecule has 2 heterocycles. The van der Waals surface area contributed by atoms with Gasteiger partial charge in [0.05, 0.1) is 12.7 Å². The molecule has 0 aliphatic carbocycles. The monoisotopic (exact) mass is 361 g/mol. The van der Waals surface area contributed by atoms with E-state index in [9.17, 15) is 4.79 Å². The van der Waals surface area contributed by atoms with E-state index in [0.29, 0.717) is 12.2 Å². The van der Waals surface area contributed by atoms with Crippen LogP contribution in [0.3, 0.4) is 0 Å². The Morgan fingerprint density at radius 1 is 0.963 bits per heavy atom. The van der Waals surface area contributed by atoms with Crippen molar-refractivity contribution in [1.29, 1.82) is 0 Å². The van der Waals surface area contributed by atoms with Crippen molar-refractivity contribution in [3.63, 3.8) is 0 Å². The lowest BCUT2D eigenvalue weighted by Gasteiger charge is -2.28. The van der Waals surface area contributed by atoms with E-state index in [4.69, 9.17) is 0 Å². The van der Waals surface area contributed by atoms with Gasteiger partial charge >= 0.3 is 0 Å². The molecule has 6 heteroatoms. The highest BCUT2D eigenvalue weighted by atomic mass is 16.2. The first-order valence-corrected chi connectivity index (χ1v) is 9.38. The Labute approximate surface area is 158 Å². The van der Waals surface area contributed by atoms with E-state index < -0.39 is 0 Å². The second-order valence-corrected chi connectivity index (χ2v) is 6.84. The van der Waals surface area contributed by atoms with E-state index in [0.717, 1.165) is 24.3 Å². The maximum absolute atomic E-state index is 12.4. The Morgan fingerprint density at radius 2 is 1.70 bits per heavy atom. The molecule has 0 bridgehead atoms. The molecule has 27 heavy (non-hydrogen) atoms. The molecule has 4 rings (SSSR count). The van der Waals surface area contributed by atoms with Crippen LogP contribution in [-0.4, -0.2) is 34.0 Å². The summed E-state index contributed by atoms with van der Waals surface area (Å²) in [5, 5.41) is 10.9. The molecule has 1 aliphatic heterocycles. The fourth-order valence-electron chi connectivity index (χ4n) is 3.35. The minimum Gasteiger partial charge on any atom is -0.372 e. The molecule has 1 fully saturated rings. The van der Waals surface area contributed by atoms with Crippen molar-refractivity contribution >= 4 is 17.3 Å². The summed E-state index contributed by atoms with van der Waals surface area (Å²) in [4.78, 5) is 14.8. The van der Waals surface area contributed by atoms with E-state index in [-0.39, 0.29) is 5.91 Å². The molecule has 2 aromatic carbocycles. The molecule has 0 saturated carbocycles. The van der Waals surface area contributed by atoms with Crippen molar-refractivity contribution in [2.45, 2.75) is 25.8 Å². The molecule has 6 nitrogen and oxygen atoms in total. The summed E-state index contributed by atoms with van der Waals surface area (Å²) < 4.78 is 1.67. The highest BCUT2D eigenvalue weighted by Gasteiger charge is 2.13. The van der Waals surface area contributed by atoms with Crippen molar-refractivity contribution in [3.05, 3.63) is 72.1 Å². The third-order valence-electron chi connectivity index (χ3n) is 4.81. The number of nitrogens with one attached hydrogen (secondary N) is 1. The summed E-state index contributed by atoms with van der Waals surface area (Å²) in [7, 11) is 0. The SMILES string of the molecule is O=C(Nc1ccc(N2CCCCC2)cc1)c1cn(Cc2ccccc2)nn1. The zero-order chi connectivity index (χ0) is 18.5. The quantitative estimate of drug-likeness (QED) is 0.755. The molecule has 138 valence electrons. The minimum atomic E-state index is -0.250. The number of carbonyl (C=O) groups excluding carboxylic acids is 1. The van der Waals surface area contributed by atoms with Crippen molar-refractivity contribution in [1.82, 2.24) is 15.0 Å². The van der Waals surface area contributed by atoms with Gasteiger partial charge in [0, 0.05) is 24.5 Å². The Hall–Kier alpha value is -3.15. The Bertz CT molecular complexity index is 882. The molecular formula is C21H23N5O.